The SMILES string of the molecule is C=Cc1ccc(C23CC4CC(C2)CC(c2ccc(N(c5ccc(CCCC)cc5)c5ccc(N(c6ccc(C)cc6)c6ccc(N(c7ccc(C)cc7)c7ccc(N(c8ccc(C)cc8)c8ccc(C)cc8)cc7)cc6)cc5)cc2)(C4)C3)cc1. The Morgan fingerprint density at radius 1 is 0.345 bits per heavy atom. The minimum atomic E-state index is 0.210. The molecule has 4 saturated carbocycles. The number of aryl methyl sites for hydroxylation is 5. The van der Waals surface area contributed by atoms with Crippen molar-refractivity contribution in [3.8, 4) is 0 Å². The van der Waals surface area contributed by atoms with E-state index in [-0.39, 0.29) is 10.8 Å². The smallest absolute Gasteiger partial charge is 0.0463 e. The first-order valence-electron chi connectivity index (χ1n) is 30.7. The van der Waals surface area contributed by atoms with Gasteiger partial charge in [0.1, 0.15) is 0 Å². The Balaban J connectivity index is 0.827. The Morgan fingerprint density at radius 2 is 0.583 bits per heavy atom. The lowest BCUT2D eigenvalue weighted by atomic mass is 9.42. The Labute approximate surface area is 500 Å². The van der Waals surface area contributed by atoms with E-state index in [4.69, 9.17) is 0 Å². The second kappa shape index (κ2) is 23.1. The van der Waals surface area contributed by atoms with Crippen molar-refractivity contribution in [1.82, 2.24) is 0 Å². The van der Waals surface area contributed by atoms with Gasteiger partial charge in [-0.15, -0.1) is 0 Å². The zero-order valence-corrected chi connectivity index (χ0v) is 49.7. The molecule has 0 radical (unpaired) electrons. The molecule has 2 unspecified atom stereocenters. The maximum absolute atomic E-state index is 4.05. The van der Waals surface area contributed by atoms with Crippen LogP contribution in [-0.4, -0.2) is 0 Å². The Morgan fingerprint density at radius 3 is 0.845 bits per heavy atom. The van der Waals surface area contributed by atoms with Crippen LogP contribution in [0.2, 0.25) is 0 Å². The molecular formula is C80H78N4. The fourth-order valence-electron chi connectivity index (χ4n) is 14.9. The van der Waals surface area contributed by atoms with Gasteiger partial charge in [-0.1, -0.05) is 145 Å². The zero-order chi connectivity index (χ0) is 57.4. The van der Waals surface area contributed by atoms with Gasteiger partial charge in [0, 0.05) is 68.2 Å². The van der Waals surface area contributed by atoms with E-state index in [0.717, 1.165) is 75.1 Å². The third-order valence-electron chi connectivity index (χ3n) is 18.8. The van der Waals surface area contributed by atoms with Crippen LogP contribution in [0.4, 0.5) is 68.2 Å². The summed E-state index contributed by atoms with van der Waals surface area (Å²) in [6.07, 6.45) is 13.4. The minimum absolute atomic E-state index is 0.210. The predicted octanol–water partition coefficient (Wildman–Crippen LogP) is 22.6. The topological polar surface area (TPSA) is 13.0 Å². The maximum atomic E-state index is 4.05. The molecule has 0 heterocycles. The molecular weight excluding hydrogens is 1020 g/mol. The molecule has 4 aliphatic carbocycles. The molecule has 0 aliphatic heterocycles. The van der Waals surface area contributed by atoms with Gasteiger partial charge in [0.2, 0.25) is 0 Å². The van der Waals surface area contributed by atoms with Gasteiger partial charge in [0.15, 0.2) is 0 Å². The fraction of sp³-hybridized carbons (Fsp3) is 0.225. The van der Waals surface area contributed by atoms with Crippen LogP contribution >= 0.6 is 0 Å². The van der Waals surface area contributed by atoms with Crippen molar-refractivity contribution in [2.45, 2.75) is 103 Å². The molecule has 84 heavy (non-hydrogen) atoms. The third kappa shape index (κ3) is 10.9. The highest BCUT2D eigenvalue weighted by Gasteiger charge is 2.58. The summed E-state index contributed by atoms with van der Waals surface area (Å²) in [5.41, 5.74) is 24.4. The van der Waals surface area contributed by atoms with Gasteiger partial charge >= 0.3 is 0 Å². The number of hydrogen-bond donors (Lipinski definition) is 0. The van der Waals surface area contributed by atoms with Crippen molar-refractivity contribution in [2.24, 2.45) is 11.8 Å². The number of benzene rings is 10. The maximum Gasteiger partial charge on any atom is 0.0463 e. The van der Waals surface area contributed by atoms with Crippen LogP contribution in [0.25, 0.3) is 6.08 Å². The summed E-state index contributed by atoms with van der Waals surface area (Å²) in [6, 6.07) is 91.2. The molecule has 14 rings (SSSR count). The molecule has 4 fully saturated rings. The van der Waals surface area contributed by atoms with Crippen molar-refractivity contribution < 1.29 is 0 Å². The lowest BCUT2D eigenvalue weighted by Gasteiger charge is -2.63. The minimum Gasteiger partial charge on any atom is -0.311 e. The molecule has 4 bridgehead atoms. The fourth-order valence-corrected chi connectivity index (χ4v) is 14.9. The molecule has 0 N–H and O–H groups in total. The van der Waals surface area contributed by atoms with Crippen molar-refractivity contribution in [1.29, 1.82) is 0 Å². The quantitative estimate of drug-likeness (QED) is 0.0849. The van der Waals surface area contributed by atoms with E-state index in [0.29, 0.717) is 0 Å². The van der Waals surface area contributed by atoms with Crippen LogP contribution < -0.4 is 19.6 Å². The molecule has 0 aromatic heterocycles. The van der Waals surface area contributed by atoms with Crippen molar-refractivity contribution in [3.05, 3.63) is 294 Å². The van der Waals surface area contributed by atoms with Crippen LogP contribution in [-0.2, 0) is 17.3 Å². The van der Waals surface area contributed by atoms with Gasteiger partial charge in [-0.25, -0.2) is 0 Å². The summed E-state index contributed by atoms with van der Waals surface area (Å²) in [7, 11) is 0. The zero-order valence-electron chi connectivity index (χ0n) is 49.7. The summed E-state index contributed by atoms with van der Waals surface area (Å²) in [5.74, 6) is 1.57. The first-order valence-corrected chi connectivity index (χ1v) is 30.7. The van der Waals surface area contributed by atoms with Crippen LogP contribution in [0.15, 0.2) is 249 Å². The Hall–Kier alpha value is -8.86. The van der Waals surface area contributed by atoms with Gasteiger partial charge in [-0.3, -0.25) is 0 Å². The van der Waals surface area contributed by atoms with E-state index < -0.39 is 0 Å². The third-order valence-corrected chi connectivity index (χ3v) is 18.8. The monoisotopic (exact) mass is 1090 g/mol. The van der Waals surface area contributed by atoms with E-state index >= 15 is 0 Å². The molecule has 0 spiro atoms. The average molecular weight is 1100 g/mol. The summed E-state index contributed by atoms with van der Waals surface area (Å²) >= 11 is 0. The van der Waals surface area contributed by atoms with E-state index in [1.165, 1.54) is 102 Å². The van der Waals surface area contributed by atoms with E-state index in [1.807, 2.05) is 6.08 Å². The summed E-state index contributed by atoms with van der Waals surface area (Å²) in [4.78, 5) is 9.54. The first kappa shape index (κ1) is 54.4. The first-order chi connectivity index (χ1) is 41.0. The van der Waals surface area contributed by atoms with E-state index in [2.05, 4.69) is 303 Å². The van der Waals surface area contributed by atoms with E-state index in [1.54, 1.807) is 5.56 Å². The van der Waals surface area contributed by atoms with Gasteiger partial charge in [-0.05, 0) is 270 Å². The van der Waals surface area contributed by atoms with Gasteiger partial charge < -0.3 is 19.6 Å². The van der Waals surface area contributed by atoms with Gasteiger partial charge in [0.25, 0.3) is 0 Å². The van der Waals surface area contributed by atoms with Crippen LogP contribution in [0, 0.1) is 39.5 Å². The summed E-state index contributed by atoms with van der Waals surface area (Å²) in [5, 5.41) is 0. The van der Waals surface area contributed by atoms with E-state index in [9.17, 15) is 0 Å². The molecule has 0 saturated heterocycles. The van der Waals surface area contributed by atoms with Gasteiger partial charge in [-0.2, -0.15) is 0 Å². The van der Waals surface area contributed by atoms with Crippen molar-refractivity contribution in [2.75, 3.05) is 19.6 Å². The van der Waals surface area contributed by atoms with Crippen LogP contribution in [0.5, 0.6) is 0 Å². The predicted molar refractivity (Wildman–Crippen MR) is 357 cm³/mol. The number of rotatable bonds is 18. The molecule has 4 nitrogen and oxygen atoms in total. The Bertz CT molecular complexity index is 3790. The largest absolute Gasteiger partial charge is 0.311 e. The molecule has 4 heteroatoms. The normalized spacial score (nSPS) is 18.5. The molecule has 418 valence electrons. The summed E-state index contributed by atoms with van der Waals surface area (Å²) in [6.45, 7) is 14.9. The van der Waals surface area contributed by atoms with Crippen LogP contribution in [0.1, 0.15) is 103 Å². The standard InChI is InChI=1S/C80H78N4/c1-7-9-10-62-21-35-71(36-22-62)84(72-37-25-66(26-38-72)80-54-63-51-64(55-80)53-79(52-63,56-80)65-23-19-61(8-2)20-24-65)78-49-47-77(48-50-78)83(70-33-17-60(6)18-34-70)76-45-43-75(44-46-76)82(69-31-15-59(5)16-32-69)74-41-39-73(40-42-74)81(67-27-11-57(3)12-28-67)68-29-13-58(4)14-30-68/h8,11-50,63-64H,2,7,9-10,51-56H2,1,3-6H3. The second-order valence-electron chi connectivity index (χ2n) is 24.9. The summed E-state index contributed by atoms with van der Waals surface area (Å²) < 4.78 is 0. The van der Waals surface area contributed by atoms with Crippen molar-refractivity contribution in [3.63, 3.8) is 0 Å². The number of anilines is 12. The van der Waals surface area contributed by atoms with Crippen molar-refractivity contribution >= 4 is 74.3 Å². The number of hydrogen-bond acceptors (Lipinski definition) is 4. The highest BCUT2D eigenvalue weighted by Crippen LogP contribution is 2.66. The molecule has 2 atom stereocenters. The average Bonchev–Trinajstić information content (AvgIpc) is 0.984. The molecule has 10 aromatic carbocycles. The number of nitrogens with zero attached hydrogens (tertiary/aromatic N) is 4. The second-order valence-corrected chi connectivity index (χ2v) is 24.9. The molecule has 4 aliphatic rings. The highest BCUT2D eigenvalue weighted by molar-refractivity contribution is 5.85. The van der Waals surface area contributed by atoms with Gasteiger partial charge in [0.05, 0.1) is 0 Å². The number of unbranched alkanes of at least 4 members (excludes halogenated alkanes) is 1. The van der Waals surface area contributed by atoms with Crippen LogP contribution in [0.3, 0.4) is 0 Å². The highest BCUT2D eigenvalue weighted by atomic mass is 15.2. The lowest BCUT2D eigenvalue weighted by molar-refractivity contribution is -0.0281. The lowest BCUT2D eigenvalue weighted by Crippen LogP contribution is -2.55. The molecule has 0 amide bonds. The molecule has 10 aromatic rings. The Kier molecular flexibility index (Phi) is 14.9.